The van der Waals surface area contributed by atoms with Crippen molar-refractivity contribution in [3.8, 4) is 0 Å². The summed E-state index contributed by atoms with van der Waals surface area (Å²) in [4.78, 5) is 25.4. The van der Waals surface area contributed by atoms with E-state index in [1.54, 1.807) is 0 Å². The van der Waals surface area contributed by atoms with Crippen LogP contribution < -0.4 is 10.6 Å². The van der Waals surface area contributed by atoms with Gasteiger partial charge in [-0.25, -0.2) is 8.78 Å². The van der Waals surface area contributed by atoms with Crippen LogP contribution in [-0.2, 0) is 14.3 Å². The van der Waals surface area contributed by atoms with Crippen LogP contribution in [0.25, 0.3) is 0 Å². The molecule has 0 spiro atoms. The molecule has 0 aliphatic carbocycles. The zero-order valence-electron chi connectivity index (χ0n) is 12.6. The molecule has 1 aliphatic rings. The predicted molar refractivity (Wildman–Crippen MR) is 79.9 cm³/mol. The lowest BCUT2D eigenvalue weighted by molar-refractivity contribution is -0.136. The fraction of sp³-hybridized carbons (Fsp3) is 0.467. The van der Waals surface area contributed by atoms with Gasteiger partial charge in [0.2, 0.25) is 0 Å². The highest BCUT2D eigenvalue weighted by atomic mass is 19.1. The number of ether oxygens (including phenoxy) is 1. The Labute approximate surface area is 132 Å². The summed E-state index contributed by atoms with van der Waals surface area (Å²) >= 11 is 0. The van der Waals surface area contributed by atoms with Crippen LogP contribution in [0.3, 0.4) is 0 Å². The predicted octanol–water partition coefficient (Wildman–Crippen LogP) is 0.742. The SMILES string of the molecule is O=C(NCCCN1CCOCC1)C(=O)Nc1c(F)cccc1F. The van der Waals surface area contributed by atoms with E-state index in [1.165, 1.54) is 6.07 Å². The molecule has 1 heterocycles. The lowest BCUT2D eigenvalue weighted by Crippen LogP contribution is -2.40. The minimum atomic E-state index is -1.10. The molecule has 6 nitrogen and oxygen atoms in total. The van der Waals surface area contributed by atoms with E-state index in [0.717, 1.165) is 31.8 Å². The van der Waals surface area contributed by atoms with E-state index in [-0.39, 0.29) is 0 Å². The largest absolute Gasteiger partial charge is 0.379 e. The highest BCUT2D eigenvalue weighted by molar-refractivity contribution is 6.39. The second-order valence-electron chi connectivity index (χ2n) is 5.11. The second-order valence-corrected chi connectivity index (χ2v) is 5.11. The maximum Gasteiger partial charge on any atom is 0.313 e. The number of hydrogen-bond acceptors (Lipinski definition) is 4. The Bertz CT molecular complexity index is 543. The summed E-state index contributed by atoms with van der Waals surface area (Å²) in [6, 6.07) is 3.17. The van der Waals surface area contributed by atoms with Crippen molar-refractivity contribution in [2.75, 3.05) is 44.7 Å². The molecule has 2 N–H and O–H groups in total. The van der Waals surface area contributed by atoms with Crippen molar-refractivity contribution in [1.82, 2.24) is 10.2 Å². The first kappa shape index (κ1) is 17.3. The Kier molecular flexibility index (Phi) is 6.42. The van der Waals surface area contributed by atoms with E-state index in [1.807, 2.05) is 5.32 Å². The molecule has 0 radical (unpaired) electrons. The van der Waals surface area contributed by atoms with Gasteiger partial charge in [0.1, 0.15) is 17.3 Å². The van der Waals surface area contributed by atoms with Gasteiger partial charge in [-0.05, 0) is 25.1 Å². The Morgan fingerprint density at radius 1 is 1.13 bits per heavy atom. The van der Waals surface area contributed by atoms with E-state index in [2.05, 4.69) is 10.2 Å². The van der Waals surface area contributed by atoms with E-state index in [4.69, 9.17) is 4.74 Å². The fourth-order valence-electron chi connectivity index (χ4n) is 2.20. The van der Waals surface area contributed by atoms with E-state index in [0.29, 0.717) is 26.2 Å². The number of nitrogens with one attached hydrogen (secondary N) is 2. The van der Waals surface area contributed by atoms with Crippen LogP contribution in [0, 0.1) is 11.6 Å². The molecule has 126 valence electrons. The maximum atomic E-state index is 13.4. The van der Waals surface area contributed by atoms with Crippen molar-refractivity contribution >= 4 is 17.5 Å². The van der Waals surface area contributed by atoms with Crippen LogP contribution in [-0.4, -0.2) is 56.1 Å². The summed E-state index contributed by atoms with van der Waals surface area (Å²) in [6.45, 7) is 4.19. The van der Waals surface area contributed by atoms with Crippen LogP contribution >= 0.6 is 0 Å². The van der Waals surface area contributed by atoms with Gasteiger partial charge in [0, 0.05) is 19.6 Å². The number of benzene rings is 1. The number of morpholine rings is 1. The third kappa shape index (κ3) is 5.26. The highest BCUT2D eigenvalue weighted by Gasteiger charge is 2.18. The summed E-state index contributed by atoms with van der Waals surface area (Å²) in [5.41, 5.74) is -0.624. The molecule has 2 rings (SSSR count). The standard InChI is InChI=1S/C15H19F2N3O3/c16-11-3-1-4-12(17)13(11)19-15(22)14(21)18-5-2-6-20-7-9-23-10-8-20/h1,3-4H,2,5-10H2,(H,18,21)(H,19,22). The van der Waals surface area contributed by atoms with Gasteiger partial charge in [-0.15, -0.1) is 0 Å². The molecule has 0 atom stereocenters. The normalized spacial score (nSPS) is 15.2. The molecule has 1 aliphatic heterocycles. The first-order valence-corrected chi connectivity index (χ1v) is 7.41. The second kappa shape index (κ2) is 8.54. The molecule has 1 aromatic rings. The van der Waals surface area contributed by atoms with Crippen molar-refractivity contribution in [2.45, 2.75) is 6.42 Å². The number of halogens is 2. The quantitative estimate of drug-likeness (QED) is 0.618. The smallest absolute Gasteiger partial charge is 0.313 e. The molecule has 0 unspecified atom stereocenters. The summed E-state index contributed by atoms with van der Waals surface area (Å²) in [7, 11) is 0. The van der Waals surface area contributed by atoms with Gasteiger partial charge >= 0.3 is 11.8 Å². The highest BCUT2D eigenvalue weighted by Crippen LogP contribution is 2.17. The van der Waals surface area contributed by atoms with Gasteiger partial charge in [-0.3, -0.25) is 14.5 Å². The van der Waals surface area contributed by atoms with E-state index >= 15 is 0 Å². The molecular formula is C15H19F2N3O3. The minimum absolute atomic E-state index is 0.309. The molecule has 1 saturated heterocycles. The molecule has 1 aromatic carbocycles. The number of anilines is 1. The summed E-state index contributed by atoms with van der Waals surface area (Å²) < 4.78 is 32.0. The van der Waals surface area contributed by atoms with Gasteiger partial charge < -0.3 is 15.4 Å². The van der Waals surface area contributed by atoms with Crippen LogP contribution in [0.5, 0.6) is 0 Å². The monoisotopic (exact) mass is 327 g/mol. The average molecular weight is 327 g/mol. The first-order chi connectivity index (χ1) is 11.1. The number of rotatable bonds is 5. The number of nitrogens with zero attached hydrogens (tertiary/aromatic N) is 1. The van der Waals surface area contributed by atoms with Crippen LogP contribution in [0.4, 0.5) is 14.5 Å². The molecule has 0 aromatic heterocycles. The average Bonchev–Trinajstić information content (AvgIpc) is 2.55. The van der Waals surface area contributed by atoms with Crippen molar-refractivity contribution in [1.29, 1.82) is 0 Å². The fourth-order valence-corrected chi connectivity index (χ4v) is 2.20. The number of para-hydroxylation sites is 1. The third-order valence-corrected chi connectivity index (χ3v) is 3.45. The Balaban J connectivity index is 1.71. The molecule has 1 fully saturated rings. The Morgan fingerprint density at radius 2 is 1.78 bits per heavy atom. The van der Waals surface area contributed by atoms with Gasteiger partial charge in [0.25, 0.3) is 0 Å². The third-order valence-electron chi connectivity index (χ3n) is 3.45. The summed E-state index contributed by atoms with van der Waals surface area (Å²) in [5.74, 6) is -3.88. The summed E-state index contributed by atoms with van der Waals surface area (Å²) in [6.07, 6.45) is 0.674. The number of carbonyl (C=O) groups is 2. The zero-order valence-corrected chi connectivity index (χ0v) is 12.6. The Hall–Kier alpha value is -2.06. The topological polar surface area (TPSA) is 70.7 Å². The van der Waals surface area contributed by atoms with Gasteiger partial charge in [-0.2, -0.15) is 0 Å². The van der Waals surface area contributed by atoms with E-state index < -0.39 is 29.1 Å². The molecular weight excluding hydrogens is 308 g/mol. The van der Waals surface area contributed by atoms with Crippen LogP contribution in [0.15, 0.2) is 18.2 Å². The van der Waals surface area contributed by atoms with Gasteiger partial charge in [0.05, 0.1) is 13.2 Å². The van der Waals surface area contributed by atoms with Crippen molar-refractivity contribution in [3.63, 3.8) is 0 Å². The zero-order chi connectivity index (χ0) is 16.7. The van der Waals surface area contributed by atoms with Crippen molar-refractivity contribution < 1.29 is 23.1 Å². The molecule has 0 bridgehead atoms. The molecule has 23 heavy (non-hydrogen) atoms. The first-order valence-electron chi connectivity index (χ1n) is 7.41. The number of amides is 2. The van der Waals surface area contributed by atoms with Gasteiger partial charge in [-0.1, -0.05) is 6.07 Å². The molecule has 8 heteroatoms. The molecule has 0 saturated carbocycles. The number of hydrogen-bond donors (Lipinski definition) is 2. The van der Waals surface area contributed by atoms with Gasteiger partial charge in [0.15, 0.2) is 0 Å². The van der Waals surface area contributed by atoms with Crippen LogP contribution in [0.1, 0.15) is 6.42 Å². The molecule has 2 amide bonds. The summed E-state index contributed by atoms with van der Waals surface area (Å²) in [5, 5.41) is 4.37. The van der Waals surface area contributed by atoms with Crippen LogP contribution in [0.2, 0.25) is 0 Å². The Morgan fingerprint density at radius 3 is 2.43 bits per heavy atom. The van der Waals surface area contributed by atoms with Crippen molar-refractivity contribution in [3.05, 3.63) is 29.8 Å². The van der Waals surface area contributed by atoms with Crippen molar-refractivity contribution in [2.24, 2.45) is 0 Å². The van der Waals surface area contributed by atoms with E-state index in [9.17, 15) is 18.4 Å². The minimum Gasteiger partial charge on any atom is -0.379 e. The lowest BCUT2D eigenvalue weighted by Gasteiger charge is -2.26. The lowest BCUT2D eigenvalue weighted by atomic mass is 10.3. The maximum absolute atomic E-state index is 13.4. The number of carbonyl (C=O) groups excluding carboxylic acids is 2.